The zero-order valence-corrected chi connectivity index (χ0v) is 7.90. The van der Waals surface area contributed by atoms with E-state index >= 15 is 0 Å². The number of nitrogens with zero attached hydrogens (tertiary/aromatic N) is 3. The van der Waals surface area contributed by atoms with Gasteiger partial charge in [0.1, 0.15) is 12.2 Å². The molecule has 0 bridgehead atoms. The lowest BCUT2D eigenvalue weighted by Gasteiger charge is -2.02. The highest BCUT2D eigenvalue weighted by Crippen LogP contribution is 1.90. The van der Waals surface area contributed by atoms with Crippen LogP contribution in [0.1, 0.15) is 18.7 Å². The van der Waals surface area contributed by atoms with Gasteiger partial charge < -0.3 is 10.4 Å². The molecule has 0 saturated heterocycles. The Labute approximate surface area is 77.8 Å². The number of hydrogen-bond acceptors (Lipinski definition) is 4. The molecule has 0 radical (unpaired) electrons. The predicted molar refractivity (Wildman–Crippen MR) is 49.0 cm³/mol. The minimum atomic E-state index is 0.269. The van der Waals surface area contributed by atoms with Crippen LogP contribution in [-0.2, 0) is 13.6 Å². The lowest BCUT2D eigenvalue weighted by atomic mass is 10.3. The molecular formula is C8H16N4O. The molecule has 0 aliphatic carbocycles. The van der Waals surface area contributed by atoms with Crippen molar-refractivity contribution in [2.24, 2.45) is 7.05 Å². The lowest BCUT2D eigenvalue weighted by molar-refractivity contribution is 0.283. The Balaban J connectivity index is 2.10. The molecule has 0 spiro atoms. The van der Waals surface area contributed by atoms with Gasteiger partial charge in [-0.3, -0.25) is 4.68 Å². The summed E-state index contributed by atoms with van der Waals surface area (Å²) in [4.78, 5) is 4.07. The molecule has 0 saturated carbocycles. The highest BCUT2D eigenvalue weighted by Gasteiger charge is 1.97. The average Bonchev–Trinajstić information content (AvgIpc) is 2.52. The van der Waals surface area contributed by atoms with E-state index in [0.29, 0.717) is 0 Å². The first-order valence-electron chi connectivity index (χ1n) is 4.49. The summed E-state index contributed by atoms with van der Waals surface area (Å²) >= 11 is 0. The Hall–Kier alpha value is -0.940. The number of aromatic nitrogens is 3. The van der Waals surface area contributed by atoms with Crippen LogP contribution in [0.5, 0.6) is 0 Å². The fraction of sp³-hybridized carbons (Fsp3) is 0.750. The summed E-state index contributed by atoms with van der Waals surface area (Å²) < 4.78 is 1.75. The Morgan fingerprint density at radius 1 is 1.54 bits per heavy atom. The molecule has 1 aromatic heterocycles. The van der Waals surface area contributed by atoms with Gasteiger partial charge in [0, 0.05) is 13.7 Å². The maximum atomic E-state index is 8.54. The van der Waals surface area contributed by atoms with Crippen molar-refractivity contribution in [2.75, 3.05) is 13.2 Å². The van der Waals surface area contributed by atoms with Crippen molar-refractivity contribution in [3.8, 4) is 0 Å². The van der Waals surface area contributed by atoms with Gasteiger partial charge in [-0.25, -0.2) is 4.98 Å². The fourth-order valence-corrected chi connectivity index (χ4v) is 1.04. The summed E-state index contributed by atoms with van der Waals surface area (Å²) in [5.74, 6) is 0.934. The van der Waals surface area contributed by atoms with Gasteiger partial charge in [-0.1, -0.05) is 0 Å². The standard InChI is InChI=1S/C8H16N4O/c1-12-8(10-7-11-12)6-9-4-2-3-5-13/h7,9,13H,2-6H2,1H3. The first-order valence-corrected chi connectivity index (χ1v) is 4.49. The van der Waals surface area contributed by atoms with Crippen LogP contribution in [0.2, 0.25) is 0 Å². The molecule has 2 N–H and O–H groups in total. The summed E-state index contributed by atoms with van der Waals surface area (Å²) in [7, 11) is 1.87. The van der Waals surface area contributed by atoms with Gasteiger partial charge in [0.2, 0.25) is 0 Å². The molecule has 1 heterocycles. The second-order valence-corrected chi connectivity index (χ2v) is 2.91. The molecule has 0 fully saturated rings. The van der Waals surface area contributed by atoms with E-state index in [0.717, 1.165) is 31.8 Å². The van der Waals surface area contributed by atoms with E-state index in [1.165, 1.54) is 0 Å². The van der Waals surface area contributed by atoms with Crippen LogP contribution in [0.15, 0.2) is 6.33 Å². The van der Waals surface area contributed by atoms with Crippen molar-refractivity contribution < 1.29 is 5.11 Å². The summed E-state index contributed by atoms with van der Waals surface area (Å²) in [5, 5.41) is 15.7. The molecule has 13 heavy (non-hydrogen) atoms. The van der Waals surface area contributed by atoms with Crippen molar-refractivity contribution in [1.82, 2.24) is 20.1 Å². The van der Waals surface area contributed by atoms with Crippen molar-refractivity contribution >= 4 is 0 Å². The average molecular weight is 184 g/mol. The quantitative estimate of drug-likeness (QED) is 0.595. The second kappa shape index (κ2) is 5.66. The maximum Gasteiger partial charge on any atom is 0.140 e. The van der Waals surface area contributed by atoms with Crippen molar-refractivity contribution in [2.45, 2.75) is 19.4 Å². The topological polar surface area (TPSA) is 63.0 Å². The van der Waals surface area contributed by atoms with Gasteiger partial charge in [-0.15, -0.1) is 0 Å². The van der Waals surface area contributed by atoms with Crippen LogP contribution in [0, 0.1) is 0 Å². The molecule has 0 aliphatic rings. The Morgan fingerprint density at radius 2 is 2.38 bits per heavy atom. The normalized spacial score (nSPS) is 10.6. The molecule has 5 nitrogen and oxygen atoms in total. The number of aryl methyl sites for hydroxylation is 1. The van der Waals surface area contributed by atoms with E-state index in [-0.39, 0.29) is 6.61 Å². The van der Waals surface area contributed by atoms with Gasteiger partial charge in [0.05, 0.1) is 6.54 Å². The molecule has 74 valence electrons. The minimum Gasteiger partial charge on any atom is -0.396 e. The number of hydrogen-bond donors (Lipinski definition) is 2. The Morgan fingerprint density at radius 3 is 3.00 bits per heavy atom. The van der Waals surface area contributed by atoms with Crippen LogP contribution in [-0.4, -0.2) is 33.0 Å². The van der Waals surface area contributed by atoms with Gasteiger partial charge in [0.15, 0.2) is 0 Å². The van der Waals surface area contributed by atoms with Crippen LogP contribution in [0.4, 0.5) is 0 Å². The maximum absolute atomic E-state index is 8.54. The monoisotopic (exact) mass is 184 g/mol. The van der Waals surface area contributed by atoms with Crippen molar-refractivity contribution in [1.29, 1.82) is 0 Å². The molecule has 0 atom stereocenters. The summed E-state index contributed by atoms with van der Waals surface area (Å²) in [6, 6.07) is 0. The van der Waals surface area contributed by atoms with Gasteiger partial charge in [-0.2, -0.15) is 5.10 Å². The Kier molecular flexibility index (Phi) is 4.42. The SMILES string of the molecule is Cn1ncnc1CNCCCCO. The van der Waals surface area contributed by atoms with Gasteiger partial charge in [-0.05, 0) is 19.4 Å². The zero-order valence-electron chi connectivity index (χ0n) is 7.90. The summed E-state index contributed by atoms with van der Waals surface area (Å²) in [5.41, 5.74) is 0. The van der Waals surface area contributed by atoms with Crippen molar-refractivity contribution in [3.63, 3.8) is 0 Å². The number of rotatable bonds is 6. The molecule has 0 aliphatic heterocycles. The minimum absolute atomic E-state index is 0.269. The zero-order chi connectivity index (χ0) is 9.52. The van der Waals surface area contributed by atoms with E-state index in [2.05, 4.69) is 15.4 Å². The molecule has 0 unspecified atom stereocenters. The first-order chi connectivity index (χ1) is 6.34. The number of nitrogens with one attached hydrogen (secondary N) is 1. The van der Waals surface area contributed by atoms with Crippen LogP contribution in [0.3, 0.4) is 0 Å². The second-order valence-electron chi connectivity index (χ2n) is 2.91. The smallest absolute Gasteiger partial charge is 0.140 e. The molecule has 1 rings (SSSR count). The molecule has 1 aromatic rings. The fourth-order valence-electron chi connectivity index (χ4n) is 1.04. The number of unbranched alkanes of at least 4 members (excludes halogenated alkanes) is 1. The largest absolute Gasteiger partial charge is 0.396 e. The molecule has 0 amide bonds. The van der Waals surface area contributed by atoms with Gasteiger partial charge in [0.25, 0.3) is 0 Å². The summed E-state index contributed by atoms with van der Waals surface area (Å²) in [6.07, 6.45) is 3.39. The van der Waals surface area contributed by atoms with Crippen molar-refractivity contribution in [3.05, 3.63) is 12.2 Å². The number of aliphatic hydroxyl groups is 1. The van der Waals surface area contributed by atoms with Crippen LogP contribution in [0.25, 0.3) is 0 Å². The third kappa shape index (κ3) is 3.52. The third-order valence-corrected chi connectivity index (χ3v) is 1.85. The van der Waals surface area contributed by atoms with E-state index in [1.54, 1.807) is 11.0 Å². The highest BCUT2D eigenvalue weighted by atomic mass is 16.2. The lowest BCUT2D eigenvalue weighted by Crippen LogP contribution is -2.17. The van der Waals surface area contributed by atoms with E-state index < -0.39 is 0 Å². The molecule has 5 heteroatoms. The predicted octanol–water partition coefficient (Wildman–Crippen LogP) is -0.323. The number of aliphatic hydroxyl groups excluding tert-OH is 1. The van der Waals surface area contributed by atoms with E-state index in [9.17, 15) is 0 Å². The third-order valence-electron chi connectivity index (χ3n) is 1.85. The highest BCUT2D eigenvalue weighted by molar-refractivity contribution is 4.81. The molecular weight excluding hydrogens is 168 g/mol. The van der Waals surface area contributed by atoms with Crippen LogP contribution < -0.4 is 5.32 Å². The van der Waals surface area contributed by atoms with E-state index in [1.807, 2.05) is 7.05 Å². The first kappa shape index (κ1) is 10.1. The summed E-state index contributed by atoms with van der Waals surface area (Å²) in [6.45, 7) is 1.92. The van der Waals surface area contributed by atoms with Gasteiger partial charge >= 0.3 is 0 Å². The van der Waals surface area contributed by atoms with Crippen LogP contribution >= 0.6 is 0 Å². The Bertz CT molecular complexity index is 236. The van der Waals surface area contributed by atoms with E-state index in [4.69, 9.17) is 5.11 Å². The molecule has 0 aromatic carbocycles.